The molecule has 4 rings (SSSR count). The van der Waals surface area contributed by atoms with Crippen LogP contribution in [0.5, 0.6) is 5.75 Å². The van der Waals surface area contributed by atoms with Gasteiger partial charge in [-0.05, 0) is 31.9 Å². The number of carbonyl (C=O) groups is 1. The number of nitrogens with zero attached hydrogens (tertiary/aromatic N) is 5. The zero-order chi connectivity index (χ0) is 23.6. The Bertz CT molecular complexity index is 1120. The van der Waals surface area contributed by atoms with E-state index in [0.717, 1.165) is 38.9 Å². The molecular formula is C21H26F3N7O2. The van der Waals surface area contributed by atoms with Crippen LogP contribution in [0.2, 0.25) is 0 Å². The van der Waals surface area contributed by atoms with Gasteiger partial charge in [0.1, 0.15) is 12.0 Å². The molecule has 1 saturated heterocycles. The molecule has 0 radical (unpaired) electrons. The van der Waals surface area contributed by atoms with E-state index < -0.39 is 18.5 Å². The number of hydrogen-bond donors (Lipinski definition) is 2. The molecule has 9 nitrogen and oxygen atoms in total. The number of amides is 1. The number of methoxy groups -OCH3 is 1. The summed E-state index contributed by atoms with van der Waals surface area (Å²) in [5.41, 5.74) is 0.362. The zero-order valence-corrected chi connectivity index (χ0v) is 18.4. The largest absolute Gasteiger partial charge is 0.493 e. The van der Waals surface area contributed by atoms with Crippen molar-refractivity contribution in [3.63, 3.8) is 0 Å². The summed E-state index contributed by atoms with van der Waals surface area (Å²) in [6.45, 7) is 4.81. The standard InChI is InChI=1S/C21H26F3N7O2/c1-3-6-30-7-4-14(5-8-30)27-20(32)18-15(10-21(22,23)24)17(28-29-18)13-9-16(33-2)19-25-12-26-31(19)11-13/h9,11-12,14H,3-8,10H2,1-2H3,(H,27,32)(H,28,29). The number of pyridine rings is 1. The number of aromatic amines is 1. The van der Waals surface area contributed by atoms with Gasteiger partial charge in [0.2, 0.25) is 0 Å². The van der Waals surface area contributed by atoms with Gasteiger partial charge in [-0.25, -0.2) is 9.50 Å². The monoisotopic (exact) mass is 465 g/mol. The number of fused-ring (bicyclic) bond motifs is 1. The quantitative estimate of drug-likeness (QED) is 0.557. The average Bonchev–Trinajstić information content (AvgIpc) is 3.40. The molecule has 1 fully saturated rings. The predicted molar refractivity (Wildman–Crippen MR) is 114 cm³/mol. The van der Waals surface area contributed by atoms with Crippen molar-refractivity contribution in [2.45, 2.75) is 44.8 Å². The molecule has 0 aliphatic carbocycles. The molecule has 0 saturated carbocycles. The van der Waals surface area contributed by atoms with E-state index in [1.165, 1.54) is 30.2 Å². The first kappa shape index (κ1) is 23.0. The Morgan fingerprint density at radius 2 is 2.09 bits per heavy atom. The first-order chi connectivity index (χ1) is 15.8. The van der Waals surface area contributed by atoms with Crippen LogP contribution >= 0.6 is 0 Å². The Kier molecular flexibility index (Phi) is 6.54. The maximum Gasteiger partial charge on any atom is 0.393 e. The summed E-state index contributed by atoms with van der Waals surface area (Å²) in [6, 6.07) is 1.44. The summed E-state index contributed by atoms with van der Waals surface area (Å²) < 4.78 is 47.0. The number of nitrogens with one attached hydrogen (secondary N) is 2. The van der Waals surface area contributed by atoms with Gasteiger partial charge >= 0.3 is 6.18 Å². The molecule has 0 atom stereocenters. The van der Waals surface area contributed by atoms with Gasteiger partial charge in [0.15, 0.2) is 11.4 Å². The third kappa shape index (κ3) is 5.10. The lowest BCUT2D eigenvalue weighted by Gasteiger charge is -2.32. The van der Waals surface area contributed by atoms with Crippen LogP contribution in [0, 0.1) is 0 Å². The van der Waals surface area contributed by atoms with Crippen molar-refractivity contribution < 1.29 is 22.7 Å². The Hall–Kier alpha value is -3.15. The van der Waals surface area contributed by atoms with E-state index in [1.54, 1.807) is 0 Å². The van der Waals surface area contributed by atoms with Crippen molar-refractivity contribution >= 4 is 11.6 Å². The number of hydrogen-bond acceptors (Lipinski definition) is 6. The molecule has 1 aliphatic rings. The third-order valence-electron chi connectivity index (χ3n) is 5.77. The van der Waals surface area contributed by atoms with Crippen molar-refractivity contribution in [1.82, 2.24) is 35.0 Å². The summed E-state index contributed by atoms with van der Waals surface area (Å²) >= 11 is 0. The van der Waals surface area contributed by atoms with Crippen LogP contribution < -0.4 is 10.1 Å². The van der Waals surface area contributed by atoms with Crippen LogP contribution in [-0.4, -0.2) is 74.6 Å². The topological polar surface area (TPSA) is 100 Å². The zero-order valence-electron chi connectivity index (χ0n) is 18.4. The van der Waals surface area contributed by atoms with E-state index >= 15 is 0 Å². The minimum absolute atomic E-state index is 0.0194. The first-order valence-corrected chi connectivity index (χ1v) is 10.8. The number of ether oxygens (including phenoxy) is 1. The number of rotatable bonds is 7. The molecule has 1 aliphatic heterocycles. The highest BCUT2D eigenvalue weighted by atomic mass is 19.4. The number of likely N-dealkylation sites (tertiary alicyclic amines) is 1. The van der Waals surface area contributed by atoms with Gasteiger partial charge < -0.3 is 15.0 Å². The first-order valence-electron chi connectivity index (χ1n) is 10.8. The lowest BCUT2D eigenvalue weighted by Crippen LogP contribution is -2.45. The van der Waals surface area contributed by atoms with Crippen LogP contribution in [0.3, 0.4) is 0 Å². The van der Waals surface area contributed by atoms with E-state index in [4.69, 9.17) is 4.74 Å². The van der Waals surface area contributed by atoms with Gasteiger partial charge in [-0.1, -0.05) is 6.92 Å². The Morgan fingerprint density at radius 1 is 1.33 bits per heavy atom. The van der Waals surface area contributed by atoms with Gasteiger partial charge in [-0.15, -0.1) is 0 Å². The minimum atomic E-state index is -4.53. The predicted octanol–water partition coefficient (Wildman–Crippen LogP) is 2.84. The fraction of sp³-hybridized carbons (Fsp3) is 0.524. The molecule has 3 aromatic heterocycles. The van der Waals surface area contributed by atoms with E-state index in [1.807, 2.05) is 0 Å². The molecule has 0 unspecified atom stereocenters. The normalized spacial score (nSPS) is 15.8. The maximum atomic E-state index is 13.4. The fourth-order valence-corrected chi connectivity index (χ4v) is 4.21. The highest BCUT2D eigenvalue weighted by Gasteiger charge is 2.34. The molecule has 12 heteroatoms. The van der Waals surface area contributed by atoms with Crippen molar-refractivity contribution in [3.8, 4) is 17.0 Å². The van der Waals surface area contributed by atoms with Gasteiger partial charge in [0.05, 0.1) is 19.2 Å². The molecule has 2 N–H and O–H groups in total. The second-order valence-corrected chi connectivity index (χ2v) is 8.13. The van der Waals surface area contributed by atoms with Crippen molar-refractivity contribution in [1.29, 1.82) is 0 Å². The molecule has 0 aromatic carbocycles. The van der Waals surface area contributed by atoms with Gasteiger partial charge in [0, 0.05) is 36.5 Å². The van der Waals surface area contributed by atoms with E-state index in [9.17, 15) is 18.0 Å². The van der Waals surface area contributed by atoms with E-state index in [0.29, 0.717) is 17.0 Å². The van der Waals surface area contributed by atoms with Crippen molar-refractivity contribution in [2.24, 2.45) is 0 Å². The summed E-state index contributed by atoms with van der Waals surface area (Å²) in [5, 5.41) is 13.5. The van der Waals surface area contributed by atoms with E-state index in [2.05, 4.69) is 37.4 Å². The summed E-state index contributed by atoms with van der Waals surface area (Å²) in [7, 11) is 1.43. The molecule has 33 heavy (non-hydrogen) atoms. The third-order valence-corrected chi connectivity index (χ3v) is 5.77. The van der Waals surface area contributed by atoms with Crippen LogP contribution in [0.4, 0.5) is 13.2 Å². The number of H-pyrrole nitrogens is 1. The molecule has 4 heterocycles. The SMILES string of the molecule is CCCN1CCC(NC(=O)c2[nH]nc(-c3cc(OC)c4ncnn4c3)c2CC(F)(F)F)CC1. The summed E-state index contributed by atoms with van der Waals surface area (Å²) in [5.74, 6) is -0.258. The lowest BCUT2D eigenvalue weighted by atomic mass is 10.0. The van der Waals surface area contributed by atoms with Crippen molar-refractivity contribution in [3.05, 3.63) is 29.8 Å². The minimum Gasteiger partial charge on any atom is -0.493 e. The second kappa shape index (κ2) is 9.38. The van der Waals surface area contributed by atoms with Crippen LogP contribution in [0.15, 0.2) is 18.6 Å². The molecule has 178 valence electrons. The Morgan fingerprint density at radius 3 is 2.76 bits per heavy atom. The summed E-state index contributed by atoms with van der Waals surface area (Å²) in [6.07, 6.45) is -0.447. The highest BCUT2D eigenvalue weighted by molar-refractivity contribution is 5.95. The second-order valence-electron chi connectivity index (χ2n) is 8.13. The molecule has 3 aromatic rings. The summed E-state index contributed by atoms with van der Waals surface area (Å²) in [4.78, 5) is 19.3. The molecule has 0 spiro atoms. The van der Waals surface area contributed by atoms with Gasteiger partial charge in [0.25, 0.3) is 5.91 Å². The maximum absolute atomic E-state index is 13.4. The lowest BCUT2D eigenvalue weighted by molar-refractivity contribution is -0.127. The number of alkyl halides is 3. The van der Waals surface area contributed by atoms with Crippen LogP contribution in [0.25, 0.3) is 16.9 Å². The van der Waals surface area contributed by atoms with E-state index in [-0.39, 0.29) is 23.0 Å². The number of aromatic nitrogens is 5. The average molecular weight is 465 g/mol. The number of piperidine rings is 1. The van der Waals surface area contributed by atoms with Crippen molar-refractivity contribution in [2.75, 3.05) is 26.7 Å². The Balaban J connectivity index is 1.63. The molecule has 0 bridgehead atoms. The van der Waals surface area contributed by atoms with Gasteiger partial charge in [-0.2, -0.15) is 23.4 Å². The van der Waals surface area contributed by atoms with Gasteiger partial charge in [-0.3, -0.25) is 9.89 Å². The fourth-order valence-electron chi connectivity index (χ4n) is 4.21. The molecule has 1 amide bonds. The Labute approximate surface area is 188 Å². The smallest absolute Gasteiger partial charge is 0.393 e. The van der Waals surface area contributed by atoms with Crippen LogP contribution in [-0.2, 0) is 6.42 Å². The molecular weight excluding hydrogens is 439 g/mol. The number of halogens is 3. The number of carbonyl (C=O) groups excluding carboxylic acids is 1. The van der Waals surface area contributed by atoms with Crippen LogP contribution in [0.1, 0.15) is 42.2 Å². The highest BCUT2D eigenvalue weighted by Crippen LogP contribution is 2.33.